The molecule has 314 valence electrons. The SMILES string of the molecule is c1ccc(-c2ccc(N(c3ccc(-c4cccc5ccccc45)cc3)c3ccc4c(c3)c3cc(C5(c6ccccc6)c6ccccc6-c6ccccc65)ccc3n4-c3ccccc3)cc2)cc1. The van der Waals surface area contributed by atoms with E-state index in [2.05, 4.69) is 276 Å². The van der Waals surface area contributed by atoms with Gasteiger partial charge in [-0.25, -0.2) is 0 Å². The summed E-state index contributed by atoms with van der Waals surface area (Å²) in [7, 11) is 0. The van der Waals surface area contributed by atoms with Crippen molar-refractivity contribution in [2.45, 2.75) is 5.41 Å². The smallest absolute Gasteiger partial charge is 0.0713 e. The molecule has 0 amide bonds. The molecule has 0 aliphatic heterocycles. The number of hydrogen-bond acceptors (Lipinski definition) is 1. The Morgan fingerprint density at radius 1 is 0.299 bits per heavy atom. The van der Waals surface area contributed by atoms with Gasteiger partial charge in [-0.05, 0) is 133 Å². The largest absolute Gasteiger partial charge is 0.310 e. The van der Waals surface area contributed by atoms with E-state index in [1.807, 2.05) is 0 Å². The second-order valence-corrected chi connectivity index (χ2v) is 17.6. The van der Waals surface area contributed by atoms with Gasteiger partial charge in [0.05, 0.1) is 16.4 Å². The van der Waals surface area contributed by atoms with Gasteiger partial charge in [-0.1, -0.05) is 200 Å². The fourth-order valence-corrected chi connectivity index (χ4v) is 11.1. The van der Waals surface area contributed by atoms with Gasteiger partial charge in [0, 0.05) is 33.5 Å². The summed E-state index contributed by atoms with van der Waals surface area (Å²) in [5, 5.41) is 4.90. The second kappa shape index (κ2) is 15.8. The van der Waals surface area contributed by atoms with Crippen molar-refractivity contribution in [3.8, 4) is 39.1 Å². The van der Waals surface area contributed by atoms with E-state index in [0.717, 1.165) is 28.3 Å². The number of benzene rings is 11. The molecule has 1 aliphatic carbocycles. The highest BCUT2D eigenvalue weighted by molar-refractivity contribution is 6.11. The fraction of sp³-hybridized carbons (Fsp3) is 0.0154. The normalized spacial score (nSPS) is 12.6. The van der Waals surface area contributed by atoms with Crippen molar-refractivity contribution >= 4 is 49.6 Å². The maximum absolute atomic E-state index is 2.49. The average molecular weight is 853 g/mol. The first-order valence-corrected chi connectivity index (χ1v) is 23.2. The van der Waals surface area contributed by atoms with Crippen molar-refractivity contribution in [2.24, 2.45) is 0 Å². The number of rotatable bonds is 8. The van der Waals surface area contributed by atoms with Crippen LogP contribution in [0.4, 0.5) is 17.1 Å². The first-order valence-electron chi connectivity index (χ1n) is 23.2. The topological polar surface area (TPSA) is 8.17 Å². The Bertz CT molecular complexity index is 3720. The Morgan fingerprint density at radius 2 is 0.791 bits per heavy atom. The Labute approximate surface area is 390 Å². The molecule has 1 aromatic heterocycles. The van der Waals surface area contributed by atoms with Gasteiger partial charge in [0.2, 0.25) is 0 Å². The molecule has 2 nitrogen and oxygen atoms in total. The molecule has 0 atom stereocenters. The van der Waals surface area contributed by atoms with Gasteiger partial charge in [-0.15, -0.1) is 0 Å². The lowest BCUT2D eigenvalue weighted by Gasteiger charge is -2.34. The lowest BCUT2D eigenvalue weighted by Crippen LogP contribution is -2.28. The maximum atomic E-state index is 2.49. The predicted octanol–water partition coefficient (Wildman–Crippen LogP) is 17.1. The van der Waals surface area contributed by atoms with Crippen LogP contribution in [0, 0.1) is 0 Å². The van der Waals surface area contributed by atoms with E-state index in [1.54, 1.807) is 0 Å². The molecule has 0 fully saturated rings. The predicted molar refractivity (Wildman–Crippen MR) is 281 cm³/mol. The van der Waals surface area contributed by atoms with Gasteiger partial charge in [0.25, 0.3) is 0 Å². The summed E-state index contributed by atoms with van der Waals surface area (Å²) in [6, 6.07) is 98.1. The summed E-state index contributed by atoms with van der Waals surface area (Å²) in [4.78, 5) is 2.41. The molecule has 0 unspecified atom stereocenters. The molecule has 1 heterocycles. The first kappa shape index (κ1) is 38.7. The van der Waals surface area contributed by atoms with Crippen LogP contribution >= 0.6 is 0 Å². The number of hydrogen-bond donors (Lipinski definition) is 0. The quantitative estimate of drug-likeness (QED) is 0.148. The van der Waals surface area contributed by atoms with Crippen molar-refractivity contribution in [3.63, 3.8) is 0 Å². The molecule has 2 heteroatoms. The first-order chi connectivity index (χ1) is 33.2. The van der Waals surface area contributed by atoms with E-state index < -0.39 is 5.41 Å². The van der Waals surface area contributed by atoms with Crippen LogP contribution in [0.5, 0.6) is 0 Å². The summed E-state index contributed by atoms with van der Waals surface area (Å²) in [6.45, 7) is 0. The maximum Gasteiger partial charge on any atom is 0.0713 e. The molecule has 0 bridgehead atoms. The molecule has 1 aliphatic rings. The monoisotopic (exact) mass is 852 g/mol. The van der Waals surface area contributed by atoms with E-state index in [9.17, 15) is 0 Å². The molecule has 67 heavy (non-hydrogen) atoms. The van der Waals surface area contributed by atoms with E-state index in [0.29, 0.717) is 0 Å². The molecule has 0 saturated carbocycles. The Hall–Kier alpha value is -8.72. The van der Waals surface area contributed by atoms with Crippen LogP contribution in [0.2, 0.25) is 0 Å². The third-order valence-corrected chi connectivity index (χ3v) is 14.1. The van der Waals surface area contributed by atoms with Gasteiger partial charge in [-0.3, -0.25) is 0 Å². The van der Waals surface area contributed by atoms with Crippen molar-refractivity contribution in [3.05, 3.63) is 289 Å². The summed E-state index contributed by atoms with van der Waals surface area (Å²) in [6.07, 6.45) is 0. The van der Waals surface area contributed by atoms with Gasteiger partial charge >= 0.3 is 0 Å². The minimum atomic E-state index is -0.514. The molecule has 0 radical (unpaired) electrons. The van der Waals surface area contributed by atoms with Gasteiger partial charge in [0.15, 0.2) is 0 Å². The van der Waals surface area contributed by atoms with Crippen LogP contribution < -0.4 is 4.90 Å². The van der Waals surface area contributed by atoms with E-state index >= 15 is 0 Å². The Balaban J connectivity index is 1.04. The molecular formula is C65H44N2. The summed E-state index contributed by atoms with van der Waals surface area (Å²) in [5.74, 6) is 0. The average Bonchev–Trinajstić information content (AvgIpc) is 3.90. The lowest BCUT2D eigenvalue weighted by atomic mass is 9.67. The zero-order valence-electron chi connectivity index (χ0n) is 36.8. The molecule has 0 N–H and O–H groups in total. The standard InChI is InChI=1S/C65H44N2/c1-4-17-45(18-5-1)46-31-36-52(37-32-46)66(53-38-33-48(34-39-53)56-28-16-20-47-19-10-11-25-55(47)56)54-40-42-64-60(44-54)59-43-50(35-41-63(59)67(64)51-23-8-3-9-24-51)65(49-21-6-2-7-22-49)61-29-14-12-26-57(61)58-27-13-15-30-62(58)65/h1-44H. The highest BCUT2D eigenvalue weighted by Gasteiger charge is 2.46. The lowest BCUT2D eigenvalue weighted by molar-refractivity contribution is 0.770. The fourth-order valence-electron chi connectivity index (χ4n) is 11.1. The third-order valence-electron chi connectivity index (χ3n) is 14.1. The molecule has 0 saturated heterocycles. The number of anilines is 3. The zero-order valence-corrected chi connectivity index (χ0v) is 36.8. The molecule has 0 spiro atoms. The number of para-hydroxylation sites is 1. The van der Waals surface area contributed by atoms with Crippen LogP contribution in [0.1, 0.15) is 22.3 Å². The van der Waals surface area contributed by atoms with Crippen molar-refractivity contribution in [2.75, 3.05) is 4.90 Å². The Kier molecular flexibility index (Phi) is 9.11. The second-order valence-electron chi connectivity index (χ2n) is 17.6. The zero-order chi connectivity index (χ0) is 44.3. The third kappa shape index (κ3) is 6.18. The Morgan fingerprint density at radius 3 is 1.48 bits per heavy atom. The van der Waals surface area contributed by atoms with Crippen molar-refractivity contribution in [1.82, 2.24) is 4.57 Å². The minimum Gasteiger partial charge on any atom is -0.310 e. The van der Waals surface area contributed by atoms with E-state index in [1.165, 1.54) is 82.7 Å². The van der Waals surface area contributed by atoms with Crippen LogP contribution in [0.3, 0.4) is 0 Å². The van der Waals surface area contributed by atoms with Gasteiger partial charge in [-0.2, -0.15) is 0 Å². The number of aromatic nitrogens is 1. The van der Waals surface area contributed by atoms with Crippen LogP contribution in [-0.4, -0.2) is 4.57 Å². The summed E-state index contributed by atoms with van der Waals surface area (Å²) >= 11 is 0. The van der Waals surface area contributed by atoms with E-state index in [4.69, 9.17) is 0 Å². The van der Waals surface area contributed by atoms with Crippen molar-refractivity contribution < 1.29 is 0 Å². The molecular weight excluding hydrogens is 809 g/mol. The van der Waals surface area contributed by atoms with Crippen LogP contribution in [0.15, 0.2) is 267 Å². The minimum absolute atomic E-state index is 0.514. The number of nitrogens with zero attached hydrogens (tertiary/aromatic N) is 2. The number of fused-ring (bicyclic) bond motifs is 7. The molecule has 13 rings (SSSR count). The summed E-state index contributed by atoms with van der Waals surface area (Å²) in [5.41, 5.74) is 18.7. The molecule has 11 aromatic carbocycles. The van der Waals surface area contributed by atoms with Crippen molar-refractivity contribution in [1.29, 1.82) is 0 Å². The highest BCUT2D eigenvalue weighted by Crippen LogP contribution is 2.56. The van der Waals surface area contributed by atoms with E-state index in [-0.39, 0.29) is 0 Å². The van der Waals surface area contributed by atoms with Gasteiger partial charge < -0.3 is 9.47 Å². The molecule has 12 aromatic rings. The highest BCUT2D eigenvalue weighted by atomic mass is 15.1. The van der Waals surface area contributed by atoms with Crippen LogP contribution in [-0.2, 0) is 5.41 Å². The summed E-state index contributed by atoms with van der Waals surface area (Å²) < 4.78 is 2.43. The van der Waals surface area contributed by atoms with Gasteiger partial charge in [0.1, 0.15) is 0 Å². The van der Waals surface area contributed by atoms with Crippen LogP contribution in [0.25, 0.3) is 71.6 Å².